The average molecular weight is 430 g/mol. The second-order valence-corrected chi connectivity index (χ2v) is 7.43. The molecule has 0 bridgehead atoms. The Hall–Kier alpha value is -3.49. The molecule has 0 unspecified atom stereocenters. The fraction of sp³-hybridized carbons (Fsp3) is 0.227. The number of aromatic amines is 1. The summed E-state index contributed by atoms with van der Waals surface area (Å²) in [5.74, 6) is 0.0135. The number of pyridine rings is 2. The van der Waals surface area contributed by atoms with Crippen molar-refractivity contribution in [3.63, 3.8) is 0 Å². The zero-order valence-electron chi connectivity index (χ0n) is 16.6. The summed E-state index contributed by atoms with van der Waals surface area (Å²) in [4.78, 5) is 22.8. The third-order valence-electron chi connectivity index (χ3n) is 5.41. The highest BCUT2D eigenvalue weighted by Gasteiger charge is 2.46. The predicted octanol–water partition coefficient (Wildman–Crippen LogP) is 3.92. The van der Waals surface area contributed by atoms with Gasteiger partial charge >= 0.3 is 6.18 Å². The van der Waals surface area contributed by atoms with Gasteiger partial charge in [-0.15, -0.1) is 0 Å². The molecule has 2 atom stereocenters. The van der Waals surface area contributed by atoms with Gasteiger partial charge in [-0.05, 0) is 43.7 Å². The van der Waals surface area contributed by atoms with Gasteiger partial charge in [0.15, 0.2) is 0 Å². The van der Waals surface area contributed by atoms with Crippen molar-refractivity contribution >= 4 is 5.84 Å². The minimum absolute atomic E-state index is 0.230. The van der Waals surface area contributed by atoms with Crippen molar-refractivity contribution in [3.8, 4) is 0 Å². The molecule has 31 heavy (non-hydrogen) atoms. The summed E-state index contributed by atoms with van der Waals surface area (Å²) in [5.41, 5.74) is -0.269. The maximum Gasteiger partial charge on any atom is 0.433 e. The van der Waals surface area contributed by atoms with Gasteiger partial charge in [0.25, 0.3) is 5.56 Å². The number of aryl methyl sites for hydroxylation is 1. The number of amidine groups is 1. The van der Waals surface area contributed by atoms with Crippen molar-refractivity contribution in [2.45, 2.75) is 31.6 Å². The molecule has 1 aromatic carbocycles. The fourth-order valence-corrected chi connectivity index (χ4v) is 3.78. The normalized spacial score (nSPS) is 21.0. The molecule has 2 N–H and O–H groups in total. The van der Waals surface area contributed by atoms with Crippen LogP contribution in [0.25, 0.3) is 0 Å². The minimum atomic E-state index is -4.57. The van der Waals surface area contributed by atoms with Crippen molar-refractivity contribution in [2.75, 3.05) is 0 Å². The van der Waals surface area contributed by atoms with Crippen LogP contribution in [0.15, 0.2) is 64.6 Å². The topological polar surface area (TPSA) is 70.1 Å². The molecule has 3 aromatic rings. The quantitative estimate of drug-likeness (QED) is 0.619. The Morgan fingerprint density at radius 1 is 1.06 bits per heavy atom. The van der Waals surface area contributed by atoms with Crippen LogP contribution in [0.5, 0.6) is 0 Å². The maximum atomic E-state index is 13.6. The van der Waals surface area contributed by atoms with Gasteiger partial charge in [-0.3, -0.25) is 9.78 Å². The summed E-state index contributed by atoms with van der Waals surface area (Å²) in [7, 11) is 0. The van der Waals surface area contributed by atoms with Crippen LogP contribution in [0.1, 0.15) is 34.9 Å². The number of nitrogens with one attached hydrogen (secondary N) is 2. The molecule has 0 radical (unpaired) electrons. The van der Waals surface area contributed by atoms with E-state index in [0.29, 0.717) is 28.1 Å². The lowest BCUT2D eigenvalue weighted by molar-refractivity contribution is -0.141. The average Bonchev–Trinajstić information content (AvgIpc) is 3.08. The second kappa shape index (κ2) is 7.33. The number of hydrogen-bond donors (Lipinski definition) is 2. The molecule has 0 fully saturated rings. The van der Waals surface area contributed by atoms with E-state index >= 15 is 0 Å². The zero-order chi connectivity index (χ0) is 22.4. The lowest BCUT2D eigenvalue weighted by Gasteiger charge is -2.31. The summed E-state index contributed by atoms with van der Waals surface area (Å²) >= 11 is 0. The van der Waals surface area contributed by atoms with Gasteiger partial charge in [0.1, 0.15) is 22.9 Å². The number of benzene rings is 1. The van der Waals surface area contributed by atoms with Crippen LogP contribution in [0.4, 0.5) is 17.6 Å². The molecule has 1 aliphatic heterocycles. The highest BCUT2D eigenvalue weighted by molar-refractivity contribution is 6.01. The highest BCUT2D eigenvalue weighted by Crippen LogP contribution is 2.41. The van der Waals surface area contributed by atoms with Crippen LogP contribution in [-0.2, 0) is 11.7 Å². The molecular formula is C22H18F4N4O. The van der Waals surface area contributed by atoms with Crippen molar-refractivity contribution in [2.24, 2.45) is 4.99 Å². The van der Waals surface area contributed by atoms with Gasteiger partial charge in [-0.2, -0.15) is 13.2 Å². The van der Waals surface area contributed by atoms with Crippen LogP contribution in [0.3, 0.4) is 0 Å². The maximum absolute atomic E-state index is 13.6. The number of aliphatic imine (C=N–C) groups is 1. The van der Waals surface area contributed by atoms with E-state index in [1.807, 2.05) is 6.92 Å². The van der Waals surface area contributed by atoms with Gasteiger partial charge < -0.3 is 10.3 Å². The van der Waals surface area contributed by atoms with E-state index in [2.05, 4.69) is 15.3 Å². The second-order valence-electron chi connectivity index (χ2n) is 7.43. The number of alkyl halides is 3. The van der Waals surface area contributed by atoms with Crippen molar-refractivity contribution in [3.05, 3.63) is 99.0 Å². The van der Waals surface area contributed by atoms with Crippen molar-refractivity contribution in [1.29, 1.82) is 0 Å². The molecule has 160 valence electrons. The summed E-state index contributed by atoms with van der Waals surface area (Å²) in [6, 6.07) is 9.16. The van der Waals surface area contributed by atoms with Gasteiger partial charge in [0, 0.05) is 29.1 Å². The molecule has 0 saturated heterocycles. The third kappa shape index (κ3) is 3.60. The molecule has 4 rings (SSSR count). The van der Waals surface area contributed by atoms with E-state index in [4.69, 9.17) is 4.99 Å². The van der Waals surface area contributed by atoms with E-state index in [1.54, 1.807) is 25.1 Å². The number of aromatic nitrogens is 2. The number of hydrogen-bond acceptors (Lipinski definition) is 4. The first kappa shape index (κ1) is 20.8. The molecule has 0 spiro atoms. The first-order valence-corrected chi connectivity index (χ1v) is 9.47. The minimum Gasteiger partial charge on any atom is -0.364 e. The van der Waals surface area contributed by atoms with Gasteiger partial charge in [0.05, 0.1) is 6.04 Å². The molecule has 1 aliphatic rings. The van der Waals surface area contributed by atoms with E-state index in [9.17, 15) is 22.4 Å². The summed E-state index contributed by atoms with van der Waals surface area (Å²) in [6.45, 7) is 3.49. The molecule has 2 aromatic heterocycles. The molecule has 0 amide bonds. The van der Waals surface area contributed by atoms with Gasteiger partial charge in [-0.25, -0.2) is 9.38 Å². The summed E-state index contributed by atoms with van der Waals surface area (Å²) in [5, 5.41) is 3.25. The van der Waals surface area contributed by atoms with E-state index < -0.39 is 29.3 Å². The molecule has 3 heterocycles. The SMILES string of the molecule is Cc1cc(C2=N[C@](c3ccc(F)cc3)(c3ccc(C(F)(F)F)nc3)[C@H](C)N2)c[nH]c1=O. The Labute approximate surface area is 174 Å². The zero-order valence-corrected chi connectivity index (χ0v) is 16.6. The first-order chi connectivity index (χ1) is 14.6. The van der Waals surface area contributed by atoms with E-state index in [0.717, 1.165) is 12.3 Å². The molecular weight excluding hydrogens is 412 g/mol. The Morgan fingerprint density at radius 2 is 1.74 bits per heavy atom. The predicted molar refractivity (Wildman–Crippen MR) is 107 cm³/mol. The van der Waals surface area contributed by atoms with E-state index in [1.165, 1.54) is 24.4 Å². The monoisotopic (exact) mass is 430 g/mol. The Balaban J connectivity index is 1.90. The van der Waals surface area contributed by atoms with Crippen LogP contribution in [0, 0.1) is 12.7 Å². The molecule has 9 heteroatoms. The largest absolute Gasteiger partial charge is 0.433 e. The molecule has 0 saturated carbocycles. The number of nitrogens with zero attached hydrogens (tertiary/aromatic N) is 2. The highest BCUT2D eigenvalue weighted by atomic mass is 19.4. The smallest absolute Gasteiger partial charge is 0.364 e. The van der Waals surface area contributed by atoms with Gasteiger partial charge in [0.2, 0.25) is 0 Å². The lowest BCUT2D eigenvalue weighted by Crippen LogP contribution is -2.41. The lowest BCUT2D eigenvalue weighted by atomic mass is 9.79. The fourth-order valence-electron chi connectivity index (χ4n) is 3.78. The van der Waals surface area contributed by atoms with Crippen LogP contribution < -0.4 is 10.9 Å². The van der Waals surface area contributed by atoms with Crippen molar-refractivity contribution < 1.29 is 17.6 Å². The van der Waals surface area contributed by atoms with E-state index in [-0.39, 0.29) is 5.56 Å². The first-order valence-electron chi connectivity index (χ1n) is 9.47. The Bertz CT molecular complexity index is 1200. The van der Waals surface area contributed by atoms with Crippen molar-refractivity contribution in [1.82, 2.24) is 15.3 Å². The summed E-state index contributed by atoms with van der Waals surface area (Å²) < 4.78 is 52.6. The number of H-pyrrole nitrogens is 1. The number of halogens is 4. The summed E-state index contributed by atoms with van der Waals surface area (Å²) in [6.07, 6.45) is -1.91. The molecule has 0 aliphatic carbocycles. The van der Waals surface area contributed by atoms with Gasteiger partial charge in [-0.1, -0.05) is 18.2 Å². The number of rotatable bonds is 3. The van der Waals surface area contributed by atoms with Crippen LogP contribution >= 0.6 is 0 Å². The Kier molecular flexibility index (Phi) is 4.91. The third-order valence-corrected chi connectivity index (χ3v) is 5.41. The van der Waals surface area contributed by atoms with Crippen LogP contribution in [0.2, 0.25) is 0 Å². The molecule has 5 nitrogen and oxygen atoms in total. The Morgan fingerprint density at radius 3 is 2.32 bits per heavy atom. The van der Waals surface area contributed by atoms with Crippen LogP contribution in [-0.4, -0.2) is 21.8 Å². The standard InChI is InChI=1S/C22H18F4N4O/c1-12-9-14(10-28-20(12)31)19-29-13(2)21(30-19,15-3-6-17(23)7-4-15)16-5-8-18(27-11-16)22(24,25)26/h3-11,13H,1-2H3,(H,28,31)(H,29,30)/t13-,21+/m0/s1.